The molecule has 0 amide bonds. The summed E-state index contributed by atoms with van der Waals surface area (Å²) in [6.45, 7) is 3.92. The zero-order chi connectivity index (χ0) is 10.6. The lowest BCUT2D eigenvalue weighted by atomic mass is 10.3. The second-order valence-corrected chi connectivity index (χ2v) is 4.26. The van der Waals surface area contributed by atoms with Gasteiger partial charge in [0, 0.05) is 11.3 Å². The zero-order valence-electron chi connectivity index (χ0n) is 7.97. The standard InChI is InChI=1S/C9H11NO3S/c1-7(2)14-13-9-6-4-3-5-8(9)10(11)12/h3-7H,1-2H3. The predicted octanol–water partition coefficient (Wildman–Crippen LogP) is 3.03. The number of benzene rings is 1. The minimum absolute atomic E-state index is 0.000602. The maximum absolute atomic E-state index is 10.6. The zero-order valence-corrected chi connectivity index (χ0v) is 8.78. The van der Waals surface area contributed by atoms with E-state index in [1.807, 2.05) is 13.8 Å². The van der Waals surface area contributed by atoms with Crippen LogP contribution < -0.4 is 4.18 Å². The Hall–Kier alpha value is -1.23. The Balaban J connectivity index is 2.79. The van der Waals surface area contributed by atoms with Crippen LogP contribution in [-0.4, -0.2) is 10.2 Å². The van der Waals surface area contributed by atoms with Crippen LogP contribution in [0.15, 0.2) is 24.3 Å². The van der Waals surface area contributed by atoms with Gasteiger partial charge in [-0.3, -0.25) is 10.1 Å². The molecule has 5 heteroatoms. The molecule has 0 heterocycles. The van der Waals surface area contributed by atoms with Crippen molar-refractivity contribution in [3.05, 3.63) is 34.4 Å². The molecular weight excluding hydrogens is 202 g/mol. The SMILES string of the molecule is CC(C)SOc1ccccc1[N+](=O)[O-]. The second kappa shape index (κ2) is 4.85. The largest absolute Gasteiger partial charge is 0.418 e. The Bertz CT molecular complexity index is 328. The van der Waals surface area contributed by atoms with Crippen molar-refractivity contribution < 1.29 is 9.11 Å². The highest BCUT2D eigenvalue weighted by molar-refractivity contribution is 7.95. The van der Waals surface area contributed by atoms with Crippen molar-refractivity contribution in [3.8, 4) is 5.75 Å². The molecule has 14 heavy (non-hydrogen) atoms. The first-order chi connectivity index (χ1) is 6.61. The first-order valence-corrected chi connectivity index (χ1v) is 4.98. The highest BCUT2D eigenvalue weighted by Crippen LogP contribution is 2.29. The van der Waals surface area contributed by atoms with Crippen molar-refractivity contribution in [2.24, 2.45) is 0 Å². The van der Waals surface area contributed by atoms with Crippen molar-refractivity contribution in [2.45, 2.75) is 19.1 Å². The van der Waals surface area contributed by atoms with Gasteiger partial charge in [-0.1, -0.05) is 26.0 Å². The van der Waals surface area contributed by atoms with E-state index < -0.39 is 4.92 Å². The molecule has 1 aromatic rings. The fourth-order valence-corrected chi connectivity index (χ4v) is 1.26. The summed E-state index contributed by atoms with van der Waals surface area (Å²) in [7, 11) is 0. The van der Waals surface area contributed by atoms with Crippen LogP contribution >= 0.6 is 12.0 Å². The number of para-hydroxylation sites is 2. The van der Waals surface area contributed by atoms with E-state index in [0.29, 0.717) is 5.75 Å². The molecule has 76 valence electrons. The maximum Gasteiger partial charge on any atom is 0.312 e. The lowest BCUT2D eigenvalue weighted by molar-refractivity contribution is -0.385. The molecule has 0 radical (unpaired) electrons. The van der Waals surface area contributed by atoms with E-state index in [4.69, 9.17) is 4.18 Å². The molecule has 0 unspecified atom stereocenters. The van der Waals surface area contributed by atoms with Crippen LogP contribution in [0.25, 0.3) is 0 Å². The number of nitrogens with zero attached hydrogens (tertiary/aromatic N) is 1. The fraction of sp³-hybridized carbons (Fsp3) is 0.333. The van der Waals surface area contributed by atoms with Crippen LogP contribution in [-0.2, 0) is 0 Å². The van der Waals surface area contributed by atoms with E-state index >= 15 is 0 Å². The average Bonchev–Trinajstić information content (AvgIpc) is 2.15. The van der Waals surface area contributed by atoms with Crippen LogP contribution in [0.5, 0.6) is 5.75 Å². The Morgan fingerprint density at radius 1 is 1.43 bits per heavy atom. The molecule has 1 rings (SSSR count). The molecule has 0 atom stereocenters. The van der Waals surface area contributed by atoms with Gasteiger partial charge >= 0.3 is 5.69 Å². The van der Waals surface area contributed by atoms with Gasteiger partial charge in [0.05, 0.1) is 17.0 Å². The highest BCUT2D eigenvalue weighted by atomic mass is 32.2. The van der Waals surface area contributed by atoms with Crippen molar-refractivity contribution in [3.63, 3.8) is 0 Å². The Morgan fingerprint density at radius 2 is 2.07 bits per heavy atom. The van der Waals surface area contributed by atoms with E-state index in [0.717, 1.165) is 0 Å². The van der Waals surface area contributed by atoms with Crippen molar-refractivity contribution in [1.29, 1.82) is 0 Å². The number of hydrogen-bond donors (Lipinski definition) is 0. The van der Waals surface area contributed by atoms with Gasteiger partial charge in [-0.25, -0.2) is 0 Å². The average molecular weight is 213 g/mol. The van der Waals surface area contributed by atoms with Gasteiger partial charge < -0.3 is 4.18 Å². The van der Waals surface area contributed by atoms with Crippen LogP contribution in [0.1, 0.15) is 13.8 Å². The minimum Gasteiger partial charge on any atom is -0.418 e. The third-order valence-corrected chi connectivity index (χ3v) is 2.05. The van der Waals surface area contributed by atoms with Crippen molar-refractivity contribution >= 4 is 17.7 Å². The Labute approximate surface area is 86.6 Å². The molecule has 0 aliphatic carbocycles. The molecule has 0 aliphatic heterocycles. The number of nitro benzene ring substituents is 1. The molecule has 0 aliphatic rings. The van der Waals surface area contributed by atoms with E-state index in [2.05, 4.69) is 0 Å². The van der Waals surface area contributed by atoms with E-state index in [-0.39, 0.29) is 10.9 Å². The molecule has 0 spiro atoms. The van der Waals surface area contributed by atoms with Gasteiger partial charge in [-0.2, -0.15) is 0 Å². The van der Waals surface area contributed by atoms with Crippen molar-refractivity contribution in [2.75, 3.05) is 0 Å². The number of nitro groups is 1. The van der Waals surface area contributed by atoms with Crippen LogP contribution in [0, 0.1) is 10.1 Å². The molecule has 1 aromatic carbocycles. The van der Waals surface area contributed by atoms with E-state index in [1.165, 1.54) is 18.1 Å². The highest BCUT2D eigenvalue weighted by Gasteiger charge is 2.14. The summed E-state index contributed by atoms with van der Waals surface area (Å²) in [4.78, 5) is 10.1. The third-order valence-electron chi connectivity index (χ3n) is 1.39. The van der Waals surface area contributed by atoms with Crippen LogP contribution in [0.3, 0.4) is 0 Å². The first-order valence-electron chi connectivity index (χ1n) is 4.18. The fourth-order valence-electron chi connectivity index (χ4n) is 0.827. The molecule has 0 saturated heterocycles. The summed E-state index contributed by atoms with van der Waals surface area (Å²) in [5.74, 6) is 0.302. The van der Waals surface area contributed by atoms with Crippen LogP contribution in [0.4, 0.5) is 5.69 Å². The van der Waals surface area contributed by atoms with Gasteiger partial charge in [-0.05, 0) is 6.07 Å². The Morgan fingerprint density at radius 3 is 2.64 bits per heavy atom. The van der Waals surface area contributed by atoms with E-state index in [1.54, 1.807) is 18.2 Å². The van der Waals surface area contributed by atoms with Gasteiger partial charge in [0.25, 0.3) is 0 Å². The topological polar surface area (TPSA) is 52.4 Å². The lowest BCUT2D eigenvalue weighted by Crippen LogP contribution is -1.95. The van der Waals surface area contributed by atoms with Gasteiger partial charge in [0.15, 0.2) is 0 Å². The Kier molecular flexibility index (Phi) is 3.76. The van der Waals surface area contributed by atoms with E-state index in [9.17, 15) is 10.1 Å². The predicted molar refractivity (Wildman–Crippen MR) is 56.5 cm³/mol. The van der Waals surface area contributed by atoms with Gasteiger partial charge in [-0.15, -0.1) is 0 Å². The molecule has 0 saturated carbocycles. The summed E-state index contributed by atoms with van der Waals surface area (Å²) in [6, 6.07) is 6.35. The smallest absolute Gasteiger partial charge is 0.312 e. The molecule has 4 nitrogen and oxygen atoms in total. The number of rotatable bonds is 4. The normalized spacial score (nSPS) is 10.2. The monoisotopic (exact) mass is 213 g/mol. The molecule has 0 bridgehead atoms. The molecule has 0 N–H and O–H groups in total. The lowest BCUT2D eigenvalue weighted by Gasteiger charge is -2.05. The summed E-state index contributed by atoms with van der Waals surface area (Å²) in [6.07, 6.45) is 0. The quantitative estimate of drug-likeness (QED) is 0.438. The second-order valence-electron chi connectivity index (χ2n) is 2.95. The number of hydrogen-bond acceptors (Lipinski definition) is 4. The van der Waals surface area contributed by atoms with Crippen LogP contribution in [0.2, 0.25) is 0 Å². The van der Waals surface area contributed by atoms with Gasteiger partial charge in [0.1, 0.15) is 0 Å². The first kappa shape index (κ1) is 10.8. The molecular formula is C9H11NO3S. The third kappa shape index (κ3) is 2.92. The maximum atomic E-state index is 10.6. The van der Waals surface area contributed by atoms with Gasteiger partial charge in [0.2, 0.25) is 5.75 Å². The van der Waals surface area contributed by atoms with Crippen molar-refractivity contribution in [1.82, 2.24) is 0 Å². The molecule has 0 aromatic heterocycles. The summed E-state index contributed by atoms with van der Waals surface area (Å²) >= 11 is 1.21. The molecule has 0 fully saturated rings. The summed E-state index contributed by atoms with van der Waals surface area (Å²) in [5, 5.41) is 10.9. The summed E-state index contributed by atoms with van der Waals surface area (Å²) < 4.78 is 5.23. The summed E-state index contributed by atoms with van der Waals surface area (Å²) in [5.41, 5.74) is 0.000602. The minimum atomic E-state index is -0.448.